The number of ether oxygens (including phenoxy) is 3. The Morgan fingerprint density at radius 1 is 1.07 bits per heavy atom. The van der Waals surface area contributed by atoms with Gasteiger partial charge in [-0.1, -0.05) is 6.07 Å². The van der Waals surface area contributed by atoms with Crippen LogP contribution < -0.4 is 24.8 Å². The minimum atomic E-state index is -0.338. The fraction of sp³-hybridized carbons (Fsp3) is 0.227. The largest absolute Gasteiger partial charge is 0.497 e. The molecule has 0 radical (unpaired) electrons. The molecular weight excluding hydrogens is 384 g/mol. The summed E-state index contributed by atoms with van der Waals surface area (Å²) < 4.78 is 16.3. The first kappa shape index (κ1) is 19.5. The Labute approximate surface area is 174 Å². The molecule has 4 rings (SSSR count). The molecule has 0 saturated carbocycles. The molecule has 1 atom stereocenters. The van der Waals surface area contributed by atoms with Gasteiger partial charge in [-0.2, -0.15) is 10.2 Å². The van der Waals surface area contributed by atoms with Crippen molar-refractivity contribution in [2.24, 2.45) is 0 Å². The average molecular weight is 406 g/mol. The molecular formula is C22H22N4O4. The molecule has 3 aromatic rings. The van der Waals surface area contributed by atoms with Crippen LogP contribution in [0.3, 0.4) is 0 Å². The van der Waals surface area contributed by atoms with Crippen LogP contribution in [0.4, 0.5) is 10.5 Å². The highest BCUT2D eigenvalue weighted by atomic mass is 16.5. The van der Waals surface area contributed by atoms with E-state index in [4.69, 9.17) is 14.2 Å². The molecule has 0 aliphatic carbocycles. The number of carbonyl (C=O) groups excluding carboxylic acids is 1. The van der Waals surface area contributed by atoms with Crippen LogP contribution in [-0.2, 0) is 0 Å². The summed E-state index contributed by atoms with van der Waals surface area (Å²) in [4.78, 5) is 12.7. The molecule has 2 amide bonds. The zero-order valence-electron chi connectivity index (χ0n) is 16.7. The number of hydrogen-bond acceptors (Lipinski definition) is 6. The first-order valence-corrected chi connectivity index (χ1v) is 9.51. The third-order valence-electron chi connectivity index (χ3n) is 4.93. The van der Waals surface area contributed by atoms with Gasteiger partial charge in [-0.3, -0.25) is 0 Å². The average Bonchev–Trinajstić information content (AvgIpc) is 2.79. The van der Waals surface area contributed by atoms with E-state index < -0.39 is 0 Å². The summed E-state index contributed by atoms with van der Waals surface area (Å²) in [7, 11) is 3.12. The predicted molar refractivity (Wildman–Crippen MR) is 112 cm³/mol. The Morgan fingerprint density at radius 2 is 1.97 bits per heavy atom. The number of fused-ring (bicyclic) bond motifs is 1. The van der Waals surface area contributed by atoms with E-state index in [1.165, 1.54) is 0 Å². The number of carbonyl (C=O) groups is 1. The third kappa shape index (κ3) is 4.12. The summed E-state index contributed by atoms with van der Waals surface area (Å²) in [6, 6.07) is 12.5. The lowest BCUT2D eigenvalue weighted by atomic mass is 9.96. The molecule has 1 aromatic heterocycles. The van der Waals surface area contributed by atoms with Gasteiger partial charge < -0.3 is 24.8 Å². The van der Waals surface area contributed by atoms with Crippen molar-refractivity contribution in [1.82, 2.24) is 15.5 Å². The molecule has 30 heavy (non-hydrogen) atoms. The highest BCUT2D eigenvalue weighted by Gasteiger charge is 2.24. The van der Waals surface area contributed by atoms with E-state index >= 15 is 0 Å². The summed E-state index contributed by atoms with van der Waals surface area (Å²) in [5, 5.41) is 13.6. The first-order valence-electron chi connectivity index (χ1n) is 9.51. The van der Waals surface area contributed by atoms with Crippen molar-refractivity contribution in [3.8, 4) is 28.4 Å². The molecule has 0 spiro atoms. The van der Waals surface area contributed by atoms with Crippen LogP contribution in [0, 0.1) is 0 Å². The molecule has 1 aliphatic heterocycles. The highest BCUT2D eigenvalue weighted by Crippen LogP contribution is 2.35. The van der Waals surface area contributed by atoms with Crippen LogP contribution in [0.5, 0.6) is 17.2 Å². The second-order valence-corrected chi connectivity index (χ2v) is 6.74. The second-order valence-electron chi connectivity index (χ2n) is 6.74. The van der Waals surface area contributed by atoms with Gasteiger partial charge in [0, 0.05) is 23.6 Å². The van der Waals surface area contributed by atoms with Crippen LogP contribution in [0.2, 0.25) is 0 Å². The second kappa shape index (κ2) is 8.69. The number of rotatable bonds is 5. The number of methoxy groups -OCH3 is 2. The number of amides is 2. The summed E-state index contributed by atoms with van der Waals surface area (Å²) in [6.07, 6.45) is 4.01. The zero-order valence-corrected chi connectivity index (χ0v) is 16.7. The number of hydrogen-bond donors (Lipinski definition) is 2. The molecule has 8 nitrogen and oxygen atoms in total. The summed E-state index contributed by atoms with van der Waals surface area (Å²) in [5.41, 5.74) is 3.38. The van der Waals surface area contributed by atoms with Gasteiger partial charge in [0.05, 0.1) is 44.9 Å². The molecule has 2 heterocycles. The van der Waals surface area contributed by atoms with Gasteiger partial charge in [-0.05, 0) is 35.9 Å². The van der Waals surface area contributed by atoms with Crippen LogP contribution in [0.25, 0.3) is 11.1 Å². The van der Waals surface area contributed by atoms with Crippen molar-refractivity contribution in [1.29, 1.82) is 0 Å². The molecule has 2 N–H and O–H groups in total. The maximum atomic E-state index is 12.7. The minimum absolute atomic E-state index is 0.194. The van der Waals surface area contributed by atoms with Crippen molar-refractivity contribution < 1.29 is 19.0 Å². The van der Waals surface area contributed by atoms with Crippen molar-refractivity contribution in [2.45, 2.75) is 12.5 Å². The quantitative estimate of drug-likeness (QED) is 0.669. The Kier molecular flexibility index (Phi) is 5.65. The number of anilines is 1. The van der Waals surface area contributed by atoms with Crippen molar-refractivity contribution in [2.75, 3.05) is 26.1 Å². The number of nitrogens with one attached hydrogen (secondary N) is 2. The van der Waals surface area contributed by atoms with E-state index in [0.29, 0.717) is 30.2 Å². The molecule has 1 aliphatic rings. The van der Waals surface area contributed by atoms with E-state index in [2.05, 4.69) is 20.8 Å². The van der Waals surface area contributed by atoms with Gasteiger partial charge in [0.25, 0.3) is 0 Å². The smallest absolute Gasteiger partial charge is 0.319 e. The van der Waals surface area contributed by atoms with Gasteiger partial charge in [0.15, 0.2) is 0 Å². The first-order chi connectivity index (χ1) is 14.7. The third-order valence-corrected chi connectivity index (χ3v) is 4.93. The van der Waals surface area contributed by atoms with Crippen LogP contribution in [0.15, 0.2) is 54.9 Å². The van der Waals surface area contributed by atoms with Gasteiger partial charge >= 0.3 is 6.03 Å². The van der Waals surface area contributed by atoms with Crippen LogP contribution >= 0.6 is 0 Å². The van der Waals surface area contributed by atoms with E-state index in [9.17, 15) is 4.79 Å². The highest BCUT2D eigenvalue weighted by molar-refractivity contribution is 5.91. The fourth-order valence-electron chi connectivity index (χ4n) is 3.41. The van der Waals surface area contributed by atoms with E-state index in [1.54, 1.807) is 44.8 Å². The SMILES string of the molecule is COc1ccc(OC)c(NC(=O)NC2CCOc3ccc(-c4ccnnc4)cc32)c1. The Balaban J connectivity index is 1.54. The molecule has 154 valence electrons. The lowest BCUT2D eigenvalue weighted by Gasteiger charge is -2.27. The number of nitrogens with zero attached hydrogens (tertiary/aromatic N) is 2. The molecule has 0 saturated heterocycles. The van der Waals surface area contributed by atoms with Crippen LogP contribution in [0.1, 0.15) is 18.0 Å². The Hall–Kier alpha value is -3.81. The standard InChI is InChI=1S/C22H22N4O4/c1-28-16-4-6-21(29-2)19(12-16)26-22(27)25-18-8-10-30-20-5-3-14(11-17(18)20)15-7-9-23-24-13-15/h3-7,9,11-13,18H,8,10H2,1-2H3,(H2,25,26,27). The summed E-state index contributed by atoms with van der Waals surface area (Å²) >= 11 is 0. The van der Waals surface area contributed by atoms with E-state index in [0.717, 1.165) is 22.4 Å². The van der Waals surface area contributed by atoms with E-state index in [-0.39, 0.29) is 12.1 Å². The normalized spacial score (nSPS) is 14.8. The summed E-state index contributed by atoms with van der Waals surface area (Å²) in [6.45, 7) is 0.524. The Morgan fingerprint density at radius 3 is 2.73 bits per heavy atom. The molecule has 1 unspecified atom stereocenters. The zero-order chi connectivity index (χ0) is 20.9. The van der Waals surface area contributed by atoms with Gasteiger partial charge in [0.2, 0.25) is 0 Å². The fourth-order valence-corrected chi connectivity index (χ4v) is 3.41. The number of urea groups is 1. The van der Waals surface area contributed by atoms with Crippen molar-refractivity contribution in [3.63, 3.8) is 0 Å². The minimum Gasteiger partial charge on any atom is -0.497 e. The van der Waals surface area contributed by atoms with Crippen molar-refractivity contribution >= 4 is 11.7 Å². The summed E-state index contributed by atoms with van der Waals surface area (Å²) in [5.74, 6) is 1.93. The molecule has 0 bridgehead atoms. The lowest BCUT2D eigenvalue weighted by molar-refractivity contribution is 0.232. The maximum absolute atomic E-state index is 12.7. The molecule has 8 heteroatoms. The topological polar surface area (TPSA) is 94.6 Å². The molecule has 2 aromatic carbocycles. The number of benzene rings is 2. The monoisotopic (exact) mass is 406 g/mol. The predicted octanol–water partition coefficient (Wildman–Crippen LogP) is 3.81. The maximum Gasteiger partial charge on any atom is 0.319 e. The van der Waals surface area contributed by atoms with Crippen molar-refractivity contribution in [3.05, 3.63) is 60.4 Å². The molecule has 0 fully saturated rings. The van der Waals surface area contributed by atoms with E-state index in [1.807, 2.05) is 24.3 Å². The Bertz CT molecular complexity index is 1040. The van der Waals surface area contributed by atoms with Gasteiger partial charge in [0.1, 0.15) is 17.2 Å². The lowest BCUT2D eigenvalue weighted by Crippen LogP contribution is -2.35. The number of aromatic nitrogens is 2. The van der Waals surface area contributed by atoms with Gasteiger partial charge in [-0.25, -0.2) is 4.79 Å². The van der Waals surface area contributed by atoms with Crippen LogP contribution in [-0.4, -0.2) is 37.1 Å². The van der Waals surface area contributed by atoms with Gasteiger partial charge in [-0.15, -0.1) is 0 Å².